The fourth-order valence-corrected chi connectivity index (χ4v) is 7.12. The molecule has 0 unspecified atom stereocenters. The van der Waals surface area contributed by atoms with Gasteiger partial charge in [0.25, 0.3) is 0 Å². The molecular formula is C51H102O4. The van der Waals surface area contributed by atoms with E-state index in [9.17, 15) is 9.59 Å². The lowest BCUT2D eigenvalue weighted by Crippen LogP contribution is -2.23. The van der Waals surface area contributed by atoms with Gasteiger partial charge in [-0.15, -0.1) is 0 Å². The highest BCUT2D eigenvalue weighted by atomic mass is 16.5. The number of esters is 2. The molecule has 0 amide bonds. The van der Waals surface area contributed by atoms with Gasteiger partial charge in [-0.25, -0.2) is 0 Å². The van der Waals surface area contributed by atoms with Crippen LogP contribution in [-0.4, -0.2) is 25.2 Å². The molecule has 0 aromatic heterocycles. The van der Waals surface area contributed by atoms with Gasteiger partial charge in [-0.05, 0) is 46.0 Å². The smallest absolute Gasteiger partial charge is 0.311 e. The average Bonchev–Trinajstić information content (AvgIpc) is 3.15. The third-order valence-electron chi connectivity index (χ3n) is 11.0. The molecule has 0 saturated heterocycles. The van der Waals surface area contributed by atoms with Crippen molar-refractivity contribution in [3.05, 3.63) is 0 Å². The normalized spacial score (nSPS) is 11.5. The monoisotopic (exact) mass is 779 g/mol. The second-order valence-electron chi connectivity index (χ2n) is 18.6. The molecule has 0 atom stereocenters. The van der Waals surface area contributed by atoms with Gasteiger partial charge < -0.3 is 9.47 Å². The van der Waals surface area contributed by atoms with Crippen LogP contribution < -0.4 is 0 Å². The van der Waals surface area contributed by atoms with Crippen LogP contribution in [0.3, 0.4) is 0 Å². The Kier molecular flexibility index (Phi) is 46.5. The van der Waals surface area contributed by atoms with Gasteiger partial charge in [-0.2, -0.15) is 0 Å². The minimum atomic E-state index is -0.367. The van der Waals surface area contributed by atoms with E-state index < -0.39 is 0 Å². The highest BCUT2D eigenvalue weighted by Gasteiger charge is 2.22. The summed E-state index contributed by atoms with van der Waals surface area (Å²) in [6.07, 6.45) is 50.3. The molecule has 330 valence electrons. The minimum absolute atomic E-state index is 0.0222. The predicted octanol–water partition coefficient (Wildman–Crippen LogP) is 17.6. The third-order valence-corrected chi connectivity index (χ3v) is 11.0. The first-order valence-electron chi connectivity index (χ1n) is 25.0. The van der Waals surface area contributed by atoms with Gasteiger partial charge in [0, 0.05) is 6.42 Å². The Morgan fingerprint density at radius 3 is 0.964 bits per heavy atom. The van der Waals surface area contributed by atoms with Crippen LogP contribution in [0.2, 0.25) is 0 Å². The van der Waals surface area contributed by atoms with Crippen LogP contribution in [-0.2, 0) is 19.1 Å². The molecule has 0 aromatic carbocycles. The Balaban J connectivity index is 0. The topological polar surface area (TPSA) is 52.6 Å². The van der Waals surface area contributed by atoms with E-state index in [1.807, 2.05) is 20.8 Å². The van der Waals surface area contributed by atoms with Gasteiger partial charge >= 0.3 is 11.9 Å². The fraction of sp³-hybridized carbons (Fsp3) is 0.961. The van der Waals surface area contributed by atoms with Crippen molar-refractivity contribution in [1.29, 1.82) is 0 Å². The molecular weight excluding hydrogens is 677 g/mol. The molecule has 0 spiro atoms. The van der Waals surface area contributed by atoms with E-state index >= 15 is 0 Å². The fourth-order valence-electron chi connectivity index (χ4n) is 7.12. The van der Waals surface area contributed by atoms with E-state index in [1.165, 1.54) is 218 Å². The van der Waals surface area contributed by atoms with E-state index in [4.69, 9.17) is 9.47 Å². The summed E-state index contributed by atoms with van der Waals surface area (Å²) in [6.45, 7) is 16.1. The van der Waals surface area contributed by atoms with Crippen molar-refractivity contribution in [2.75, 3.05) is 13.2 Å². The molecule has 0 heterocycles. The Hall–Kier alpha value is -1.06. The van der Waals surface area contributed by atoms with E-state index in [2.05, 4.69) is 27.7 Å². The van der Waals surface area contributed by atoms with Gasteiger partial charge in [0.2, 0.25) is 0 Å². The van der Waals surface area contributed by atoms with Crippen molar-refractivity contribution >= 4 is 11.9 Å². The number of carbonyl (C=O) groups excluding carboxylic acids is 2. The quantitative estimate of drug-likeness (QED) is 0.0458. The lowest BCUT2D eigenvalue weighted by molar-refractivity contribution is -0.153. The first-order valence-corrected chi connectivity index (χ1v) is 25.0. The highest BCUT2D eigenvalue weighted by molar-refractivity contribution is 5.75. The Morgan fingerprint density at radius 1 is 0.382 bits per heavy atom. The van der Waals surface area contributed by atoms with Crippen LogP contribution in [0.5, 0.6) is 0 Å². The molecule has 4 heteroatoms. The van der Waals surface area contributed by atoms with Crippen molar-refractivity contribution < 1.29 is 19.1 Å². The summed E-state index contributed by atoms with van der Waals surface area (Å²) in [5.41, 5.74) is -0.367. The zero-order valence-electron chi connectivity index (χ0n) is 39.0. The summed E-state index contributed by atoms with van der Waals surface area (Å²) in [4.78, 5) is 23.4. The number of ether oxygens (including phenoxy) is 2. The first-order chi connectivity index (χ1) is 26.6. The van der Waals surface area contributed by atoms with Crippen molar-refractivity contribution in [3.8, 4) is 0 Å². The van der Waals surface area contributed by atoms with Gasteiger partial charge in [-0.1, -0.05) is 246 Å². The van der Waals surface area contributed by atoms with Crippen LogP contribution >= 0.6 is 0 Å². The highest BCUT2D eigenvalue weighted by Crippen LogP contribution is 2.18. The van der Waals surface area contributed by atoms with Crippen LogP contribution in [0, 0.1) is 11.3 Å². The summed E-state index contributed by atoms with van der Waals surface area (Å²) in [7, 11) is 0. The molecule has 0 bridgehead atoms. The molecule has 0 aliphatic heterocycles. The Labute approximate surface area is 347 Å². The third kappa shape index (κ3) is 50.9. The predicted molar refractivity (Wildman–Crippen MR) is 243 cm³/mol. The maximum atomic E-state index is 11.8. The standard InChI is InChI=1S/C28H56O2.C23H46O2/c1-3-5-7-9-11-13-15-17-19-21-23-25-27-30-28(29)26-24-22-20-18-16-14-12-10-8-6-4-2;1-21(2)19-17-15-13-11-9-7-6-8-10-12-14-16-18-20-25-22(24)23(3,4)5/h3-27H2,1-2H3;21H,6-20H2,1-5H3. The number of hydrogen-bond acceptors (Lipinski definition) is 4. The van der Waals surface area contributed by atoms with Crippen LogP contribution in [0.4, 0.5) is 0 Å². The van der Waals surface area contributed by atoms with E-state index in [1.54, 1.807) is 0 Å². The molecule has 0 rings (SSSR count). The molecule has 0 aliphatic rings. The van der Waals surface area contributed by atoms with E-state index in [-0.39, 0.29) is 17.4 Å². The number of carbonyl (C=O) groups is 2. The first kappa shape index (κ1) is 56.0. The molecule has 0 N–H and O–H groups in total. The summed E-state index contributed by atoms with van der Waals surface area (Å²) >= 11 is 0. The number of unbranched alkanes of at least 4 members (excludes halogenated alkanes) is 33. The van der Waals surface area contributed by atoms with Crippen LogP contribution in [0.15, 0.2) is 0 Å². The molecule has 0 fully saturated rings. The van der Waals surface area contributed by atoms with Gasteiger partial charge in [0.1, 0.15) is 0 Å². The van der Waals surface area contributed by atoms with E-state index in [0.717, 1.165) is 25.2 Å². The minimum Gasteiger partial charge on any atom is -0.466 e. The van der Waals surface area contributed by atoms with E-state index in [0.29, 0.717) is 19.6 Å². The maximum absolute atomic E-state index is 11.8. The molecule has 0 aliphatic carbocycles. The van der Waals surface area contributed by atoms with Crippen molar-refractivity contribution in [1.82, 2.24) is 0 Å². The lowest BCUT2D eigenvalue weighted by atomic mass is 9.97. The second kappa shape index (κ2) is 45.6. The van der Waals surface area contributed by atoms with Crippen molar-refractivity contribution in [3.63, 3.8) is 0 Å². The largest absolute Gasteiger partial charge is 0.466 e. The number of rotatable bonds is 41. The maximum Gasteiger partial charge on any atom is 0.311 e. The number of hydrogen-bond donors (Lipinski definition) is 0. The lowest BCUT2D eigenvalue weighted by Gasteiger charge is -2.16. The second-order valence-corrected chi connectivity index (χ2v) is 18.6. The molecule has 0 saturated carbocycles. The van der Waals surface area contributed by atoms with Crippen LogP contribution in [0.1, 0.15) is 292 Å². The average molecular weight is 779 g/mol. The Morgan fingerprint density at radius 2 is 0.655 bits per heavy atom. The van der Waals surface area contributed by atoms with Crippen LogP contribution in [0.25, 0.3) is 0 Å². The SMILES string of the molecule is CC(C)CCCCCCCCCCCCCCCOC(=O)C(C)(C)C.CCCCCCCCCCCCCCOC(=O)CCCCCCCCCCCCC. The molecule has 55 heavy (non-hydrogen) atoms. The summed E-state index contributed by atoms with van der Waals surface area (Å²) in [6, 6.07) is 0. The summed E-state index contributed by atoms with van der Waals surface area (Å²) in [5, 5.41) is 0. The molecule has 4 nitrogen and oxygen atoms in total. The van der Waals surface area contributed by atoms with Gasteiger partial charge in [0.05, 0.1) is 18.6 Å². The Bertz CT molecular complexity index is 754. The zero-order chi connectivity index (χ0) is 40.9. The van der Waals surface area contributed by atoms with Crippen molar-refractivity contribution in [2.24, 2.45) is 11.3 Å². The summed E-state index contributed by atoms with van der Waals surface area (Å²) < 4.78 is 10.7. The zero-order valence-corrected chi connectivity index (χ0v) is 39.0. The molecule has 0 radical (unpaired) electrons. The summed E-state index contributed by atoms with van der Waals surface area (Å²) in [5.74, 6) is 0.819. The van der Waals surface area contributed by atoms with Crippen molar-refractivity contribution in [2.45, 2.75) is 292 Å². The molecule has 0 aromatic rings. The van der Waals surface area contributed by atoms with Gasteiger partial charge in [0.15, 0.2) is 0 Å². The van der Waals surface area contributed by atoms with Gasteiger partial charge in [-0.3, -0.25) is 9.59 Å².